The number of furan rings is 2. The van der Waals surface area contributed by atoms with Gasteiger partial charge in [0, 0.05) is 34.3 Å². The summed E-state index contributed by atoms with van der Waals surface area (Å²) in [6, 6.07) is 19.5. The van der Waals surface area contributed by atoms with Crippen LogP contribution in [0.4, 0.5) is 29.0 Å². The van der Waals surface area contributed by atoms with Crippen molar-refractivity contribution in [1.29, 1.82) is 0 Å². The molecule has 0 fully saturated rings. The average molecular weight is 476 g/mol. The van der Waals surface area contributed by atoms with Gasteiger partial charge in [0.25, 0.3) is 0 Å². The summed E-state index contributed by atoms with van der Waals surface area (Å²) in [5.41, 5.74) is 17.5. The van der Waals surface area contributed by atoms with Crippen molar-refractivity contribution in [3.05, 3.63) is 97.4 Å². The van der Waals surface area contributed by atoms with Crippen LogP contribution in [0.2, 0.25) is 0 Å². The van der Waals surface area contributed by atoms with Gasteiger partial charge in [-0.3, -0.25) is 0 Å². The normalized spacial score (nSPS) is 11.7. The Morgan fingerprint density at radius 1 is 0.750 bits per heavy atom. The quantitative estimate of drug-likeness (QED) is 0.253. The molecule has 0 aliphatic rings. The van der Waals surface area contributed by atoms with Gasteiger partial charge < -0.3 is 30.6 Å². The molecule has 0 saturated carbocycles. The van der Waals surface area contributed by atoms with Crippen molar-refractivity contribution in [3.8, 4) is 22.3 Å². The Morgan fingerprint density at radius 2 is 1.39 bits per heavy atom. The van der Waals surface area contributed by atoms with E-state index in [1.54, 1.807) is 24.9 Å². The number of fused-ring (bicyclic) bond motifs is 1. The molecule has 0 spiro atoms. The van der Waals surface area contributed by atoms with E-state index in [1.807, 2.05) is 60.7 Å². The van der Waals surface area contributed by atoms with Gasteiger partial charge in [-0.2, -0.15) is 4.99 Å². The minimum Gasteiger partial charge on any atom is -0.446 e. The first-order valence-corrected chi connectivity index (χ1v) is 11.2. The number of benzene rings is 2. The summed E-state index contributed by atoms with van der Waals surface area (Å²) in [5, 5.41) is 4.63. The summed E-state index contributed by atoms with van der Waals surface area (Å²) in [6.45, 7) is 0. The summed E-state index contributed by atoms with van der Waals surface area (Å²) < 4.78 is 11.4. The lowest BCUT2D eigenvalue weighted by atomic mass is 10.1. The Bertz CT molecular complexity index is 1740. The van der Waals surface area contributed by atoms with Crippen LogP contribution < -0.4 is 22.3 Å². The van der Waals surface area contributed by atoms with Crippen LogP contribution in [-0.2, 0) is 0 Å². The fourth-order valence-corrected chi connectivity index (χ4v) is 4.01. The number of hydrogen-bond acceptors (Lipinski definition) is 8. The minimum absolute atomic E-state index is 0.271. The van der Waals surface area contributed by atoms with Crippen LogP contribution in [0, 0.1) is 0 Å². The Kier molecular flexibility index (Phi) is 5.19. The van der Waals surface area contributed by atoms with E-state index in [4.69, 9.17) is 20.3 Å². The average Bonchev–Trinajstić information content (AvgIpc) is 3.61. The van der Waals surface area contributed by atoms with Gasteiger partial charge in [-0.1, -0.05) is 60.7 Å². The molecule has 176 valence electrons. The first-order valence-electron chi connectivity index (χ1n) is 11.2. The number of nitrogens with zero attached hydrogens (tertiary/aromatic N) is 3. The molecule has 4 aromatic heterocycles. The lowest BCUT2D eigenvalue weighted by molar-refractivity contribution is 0.576. The van der Waals surface area contributed by atoms with Crippen LogP contribution in [0.1, 0.15) is 0 Å². The summed E-state index contributed by atoms with van der Waals surface area (Å²) in [6.07, 6.45) is 8.20. The molecule has 4 heterocycles. The van der Waals surface area contributed by atoms with E-state index in [1.165, 1.54) is 6.33 Å². The highest BCUT2D eigenvalue weighted by molar-refractivity contribution is 5.94. The number of nitrogen functional groups attached to an aromatic ring is 2. The molecule has 0 amide bonds. The molecule has 0 saturated heterocycles. The number of rotatable bonds is 5. The van der Waals surface area contributed by atoms with Crippen LogP contribution in [-0.4, -0.2) is 15.0 Å². The molecule has 0 aliphatic heterocycles. The number of aromatic nitrogens is 3. The highest BCUT2D eigenvalue weighted by Gasteiger charge is 2.16. The summed E-state index contributed by atoms with van der Waals surface area (Å²) in [4.78, 5) is 16.6. The molecule has 0 unspecified atom stereocenters. The molecule has 6 rings (SSSR count). The molecular formula is C27H21N7O2. The predicted octanol–water partition coefficient (Wildman–Crippen LogP) is 5.62. The van der Waals surface area contributed by atoms with Gasteiger partial charge in [-0.05, 0) is 11.1 Å². The summed E-state index contributed by atoms with van der Waals surface area (Å²) in [7, 11) is 0. The third kappa shape index (κ3) is 3.74. The zero-order valence-electron chi connectivity index (χ0n) is 19.0. The Hall–Kier alpha value is -5.31. The van der Waals surface area contributed by atoms with E-state index in [9.17, 15) is 0 Å². The van der Waals surface area contributed by atoms with E-state index >= 15 is 0 Å². The fraction of sp³-hybridized carbons (Fsp3) is 0. The maximum Gasteiger partial charge on any atom is 0.244 e. The third-order valence-electron chi connectivity index (χ3n) is 5.86. The maximum absolute atomic E-state index is 6.38. The number of aromatic amines is 1. The largest absolute Gasteiger partial charge is 0.446 e. The van der Waals surface area contributed by atoms with E-state index < -0.39 is 0 Å². The second kappa shape index (κ2) is 8.80. The minimum atomic E-state index is 0.271. The molecule has 0 atom stereocenters. The van der Waals surface area contributed by atoms with Gasteiger partial charge in [0.05, 0.1) is 0 Å². The van der Waals surface area contributed by atoms with E-state index in [2.05, 4.69) is 25.3 Å². The SMILES string of the molecule is Nc1c(-c2ccccc2)coc1/N=c1\ncnc(Nc2occ(-c3ccccc3)c2N)c2c[nH]cc12. The lowest BCUT2D eigenvalue weighted by Crippen LogP contribution is -2.03. The number of H-pyrrole nitrogens is 1. The molecule has 36 heavy (non-hydrogen) atoms. The van der Waals surface area contributed by atoms with Gasteiger partial charge >= 0.3 is 0 Å². The van der Waals surface area contributed by atoms with Crippen molar-refractivity contribution >= 4 is 39.7 Å². The molecule has 2 aromatic carbocycles. The predicted molar refractivity (Wildman–Crippen MR) is 140 cm³/mol. The highest BCUT2D eigenvalue weighted by atomic mass is 16.3. The Morgan fingerprint density at radius 3 is 2.11 bits per heavy atom. The van der Waals surface area contributed by atoms with Crippen LogP contribution in [0.25, 0.3) is 33.0 Å². The molecular weight excluding hydrogens is 454 g/mol. The van der Waals surface area contributed by atoms with Gasteiger partial charge in [0.2, 0.25) is 11.8 Å². The number of nitrogens with two attached hydrogens (primary N) is 2. The lowest BCUT2D eigenvalue weighted by Gasteiger charge is -2.03. The van der Waals surface area contributed by atoms with E-state index in [0.29, 0.717) is 34.0 Å². The fourth-order valence-electron chi connectivity index (χ4n) is 4.01. The zero-order chi connectivity index (χ0) is 24.5. The topological polar surface area (TPSA) is 144 Å². The van der Waals surface area contributed by atoms with Gasteiger partial charge in [0.1, 0.15) is 36.0 Å². The number of hydrogen-bond donors (Lipinski definition) is 4. The van der Waals surface area contributed by atoms with Crippen molar-refractivity contribution in [1.82, 2.24) is 15.0 Å². The standard InChI is InChI=1S/C27H21N7O2/c28-22-20(16-7-3-1-4-8-16)13-35-26(22)33-24-18-11-30-12-19(18)25(32-15-31-24)34-27-23(29)21(14-36-27)17-9-5-2-6-10-17/h1-15,30H,28-29H2,(H,31,32,33,34). The second-order valence-electron chi connectivity index (χ2n) is 8.06. The van der Waals surface area contributed by atoms with Crippen molar-refractivity contribution in [2.45, 2.75) is 0 Å². The first-order chi connectivity index (χ1) is 17.7. The number of anilines is 4. The second-order valence-corrected chi connectivity index (χ2v) is 8.06. The van der Waals surface area contributed by atoms with Crippen molar-refractivity contribution in [2.75, 3.05) is 16.8 Å². The van der Waals surface area contributed by atoms with Crippen LogP contribution in [0.3, 0.4) is 0 Å². The number of nitrogens with one attached hydrogen (secondary N) is 2. The molecule has 0 bridgehead atoms. The van der Waals surface area contributed by atoms with Crippen LogP contribution in [0.15, 0.2) is 106 Å². The van der Waals surface area contributed by atoms with E-state index in [0.717, 1.165) is 27.6 Å². The highest BCUT2D eigenvalue weighted by Crippen LogP contribution is 2.37. The summed E-state index contributed by atoms with van der Waals surface area (Å²) >= 11 is 0. The van der Waals surface area contributed by atoms with E-state index in [-0.39, 0.29) is 5.88 Å². The van der Waals surface area contributed by atoms with Crippen LogP contribution >= 0.6 is 0 Å². The maximum atomic E-state index is 6.38. The van der Waals surface area contributed by atoms with Gasteiger partial charge in [0.15, 0.2) is 5.49 Å². The Labute approximate surface area is 205 Å². The molecule has 0 aliphatic carbocycles. The monoisotopic (exact) mass is 475 g/mol. The molecule has 6 aromatic rings. The van der Waals surface area contributed by atoms with Crippen molar-refractivity contribution in [2.24, 2.45) is 4.99 Å². The first kappa shape index (κ1) is 21.2. The molecule has 9 nitrogen and oxygen atoms in total. The van der Waals surface area contributed by atoms with Gasteiger partial charge in [-0.15, -0.1) is 0 Å². The summed E-state index contributed by atoms with van der Waals surface area (Å²) in [5.74, 6) is 1.15. The third-order valence-corrected chi connectivity index (χ3v) is 5.86. The smallest absolute Gasteiger partial charge is 0.244 e. The molecule has 9 heteroatoms. The van der Waals surface area contributed by atoms with Crippen LogP contribution in [0.5, 0.6) is 0 Å². The molecule has 6 N–H and O–H groups in total. The van der Waals surface area contributed by atoms with Crippen molar-refractivity contribution < 1.29 is 8.83 Å². The Balaban J connectivity index is 1.40. The van der Waals surface area contributed by atoms with Crippen molar-refractivity contribution in [3.63, 3.8) is 0 Å². The zero-order valence-corrected chi connectivity index (χ0v) is 19.0. The molecule has 0 radical (unpaired) electrons. The van der Waals surface area contributed by atoms with Gasteiger partial charge in [-0.25, -0.2) is 9.97 Å².